The number of halogens is 3. The molecule has 0 amide bonds. The van der Waals surface area contributed by atoms with Gasteiger partial charge in [-0.2, -0.15) is 13.2 Å². The monoisotopic (exact) mass is 446 g/mol. The van der Waals surface area contributed by atoms with E-state index < -0.39 is 17.7 Å². The Balaban J connectivity index is 1.99. The van der Waals surface area contributed by atoms with Gasteiger partial charge in [-0.15, -0.1) is 0 Å². The number of methoxy groups -OCH3 is 1. The van der Waals surface area contributed by atoms with Crippen LogP contribution in [-0.4, -0.2) is 38.4 Å². The topological polar surface area (TPSA) is 47.9 Å². The van der Waals surface area contributed by atoms with Crippen LogP contribution in [0.3, 0.4) is 0 Å². The predicted octanol–water partition coefficient (Wildman–Crippen LogP) is 5.27. The Hall–Kier alpha value is -2.87. The first kappa shape index (κ1) is 23.8. The van der Waals surface area contributed by atoms with E-state index in [1.165, 1.54) is 67.8 Å². The maximum atomic E-state index is 14.4. The molecule has 0 saturated carbocycles. The van der Waals surface area contributed by atoms with Crippen LogP contribution >= 0.6 is 0 Å². The number of benzene rings is 3. The molecule has 0 radical (unpaired) electrons. The minimum atomic E-state index is -4.71. The van der Waals surface area contributed by atoms with Crippen molar-refractivity contribution in [3.05, 3.63) is 102 Å². The van der Waals surface area contributed by atoms with Gasteiger partial charge in [0, 0.05) is 7.11 Å². The van der Waals surface area contributed by atoms with Crippen molar-refractivity contribution in [1.29, 1.82) is 0 Å². The van der Waals surface area contributed by atoms with Gasteiger partial charge in [0.2, 0.25) is 0 Å². The quantitative estimate of drug-likeness (QED) is 0.341. The van der Waals surface area contributed by atoms with Crippen molar-refractivity contribution in [2.45, 2.75) is 17.7 Å². The molecule has 0 aliphatic rings. The lowest BCUT2D eigenvalue weighted by atomic mass is 9.72. The summed E-state index contributed by atoms with van der Waals surface area (Å²) in [6, 6.07) is 21.4. The number of alkyl halides is 3. The van der Waals surface area contributed by atoms with Crippen LogP contribution in [0.5, 0.6) is 5.75 Å². The zero-order valence-corrected chi connectivity index (χ0v) is 17.6. The van der Waals surface area contributed by atoms with Gasteiger partial charge in [0.25, 0.3) is 0 Å². The molecule has 0 bridgehead atoms. The Morgan fingerprint density at radius 1 is 0.781 bits per heavy atom. The van der Waals surface area contributed by atoms with Gasteiger partial charge in [0.15, 0.2) is 0 Å². The number of rotatable bonds is 10. The molecule has 170 valence electrons. The summed E-state index contributed by atoms with van der Waals surface area (Å²) in [5.74, 6) is -1.72. The lowest BCUT2D eigenvalue weighted by Gasteiger charge is -2.38. The predicted molar refractivity (Wildman–Crippen MR) is 114 cm³/mol. The summed E-state index contributed by atoms with van der Waals surface area (Å²) in [4.78, 5) is 0. The molecule has 3 aromatic carbocycles. The van der Waals surface area contributed by atoms with Crippen LogP contribution in [0, 0.1) is 0 Å². The maximum Gasteiger partial charge on any atom is 0.399 e. The molecule has 0 spiro atoms. The summed E-state index contributed by atoms with van der Waals surface area (Å²) >= 11 is 0. The SMILES string of the molecule is COCOCCOc1ccc(C(O)(c2ccccc2)C(c2ccccc2)C(F)(F)F)cc1. The highest BCUT2D eigenvalue weighted by Crippen LogP contribution is 2.51. The molecule has 7 heteroatoms. The third-order valence-corrected chi connectivity index (χ3v) is 5.08. The van der Waals surface area contributed by atoms with Gasteiger partial charge in [-0.3, -0.25) is 0 Å². The second-order valence-electron chi connectivity index (χ2n) is 7.21. The Morgan fingerprint density at radius 3 is 1.91 bits per heavy atom. The second-order valence-corrected chi connectivity index (χ2v) is 7.21. The van der Waals surface area contributed by atoms with E-state index in [0.29, 0.717) is 12.4 Å². The molecule has 0 fully saturated rings. The Labute approximate surface area is 185 Å². The Morgan fingerprint density at radius 2 is 1.34 bits per heavy atom. The molecule has 2 atom stereocenters. The number of hydrogen-bond acceptors (Lipinski definition) is 4. The van der Waals surface area contributed by atoms with Gasteiger partial charge in [-0.05, 0) is 28.8 Å². The first-order valence-electron chi connectivity index (χ1n) is 10.1. The van der Waals surface area contributed by atoms with Crippen LogP contribution in [0.2, 0.25) is 0 Å². The van der Waals surface area contributed by atoms with Crippen molar-refractivity contribution < 1.29 is 32.5 Å². The third-order valence-electron chi connectivity index (χ3n) is 5.08. The van der Waals surface area contributed by atoms with Crippen LogP contribution in [0.1, 0.15) is 22.6 Å². The smallest absolute Gasteiger partial charge is 0.399 e. The largest absolute Gasteiger partial charge is 0.491 e. The number of hydrogen-bond donors (Lipinski definition) is 1. The van der Waals surface area contributed by atoms with Gasteiger partial charge in [0.1, 0.15) is 30.7 Å². The van der Waals surface area contributed by atoms with E-state index in [1.54, 1.807) is 24.3 Å². The van der Waals surface area contributed by atoms with Crippen LogP contribution in [0.15, 0.2) is 84.9 Å². The molecular weight excluding hydrogens is 421 g/mol. The molecule has 3 aromatic rings. The van der Waals surface area contributed by atoms with Crippen LogP contribution in [0.4, 0.5) is 13.2 Å². The van der Waals surface area contributed by atoms with Crippen molar-refractivity contribution in [2.75, 3.05) is 27.1 Å². The van der Waals surface area contributed by atoms with E-state index in [-0.39, 0.29) is 30.1 Å². The molecule has 0 aromatic heterocycles. The number of ether oxygens (including phenoxy) is 3. The van der Waals surface area contributed by atoms with Crippen molar-refractivity contribution in [3.8, 4) is 5.75 Å². The first-order valence-corrected chi connectivity index (χ1v) is 10.1. The van der Waals surface area contributed by atoms with Gasteiger partial charge in [-0.25, -0.2) is 0 Å². The van der Waals surface area contributed by atoms with Crippen molar-refractivity contribution >= 4 is 0 Å². The van der Waals surface area contributed by atoms with Crippen LogP contribution in [0.25, 0.3) is 0 Å². The van der Waals surface area contributed by atoms with Crippen LogP contribution < -0.4 is 4.74 Å². The van der Waals surface area contributed by atoms with E-state index in [0.717, 1.165) is 0 Å². The molecule has 0 aliphatic carbocycles. The van der Waals surface area contributed by atoms with E-state index in [1.807, 2.05) is 0 Å². The van der Waals surface area contributed by atoms with Gasteiger partial charge < -0.3 is 19.3 Å². The van der Waals surface area contributed by atoms with E-state index in [2.05, 4.69) is 0 Å². The van der Waals surface area contributed by atoms with Crippen molar-refractivity contribution in [1.82, 2.24) is 0 Å². The Kier molecular flexibility index (Phi) is 7.90. The minimum absolute atomic E-state index is 0.0260. The lowest BCUT2D eigenvalue weighted by Crippen LogP contribution is -2.42. The van der Waals surface area contributed by atoms with Crippen molar-refractivity contribution in [2.24, 2.45) is 0 Å². The summed E-state index contributed by atoms with van der Waals surface area (Å²) in [6.45, 7) is 0.694. The molecule has 2 unspecified atom stereocenters. The molecule has 4 nitrogen and oxygen atoms in total. The zero-order valence-electron chi connectivity index (χ0n) is 17.6. The third kappa shape index (κ3) is 5.48. The molecule has 32 heavy (non-hydrogen) atoms. The standard InChI is InChI=1S/C25H25F3O4/c1-30-18-31-16-17-32-22-14-12-21(13-15-22)24(29,20-10-6-3-7-11-20)23(25(26,27)28)19-8-4-2-5-9-19/h2-15,23,29H,16-18H2,1H3. The number of aliphatic hydroxyl groups is 1. The van der Waals surface area contributed by atoms with E-state index >= 15 is 0 Å². The first-order chi connectivity index (χ1) is 15.4. The average molecular weight is 446 g/mol. The molecule has 0 aliphatic heterocycles. The highest BCUT2D eigenvalue weighted by atomic mass is 19.4. The summed E-state index contributed by atoms with van der Waals surface area (Å²) in [5, 5.41) is 11.8. The minimum Gasteiger partial charge on any atom is -0.491 e. The van der Waals surface area contributed by atoms with Crippen molar-refractivity contribution in [3.63, 3.8) is 0 Å². The summed E-state index contributed by atoms with van der Waals surface area (Å²) < 4.78 is 58.7. The second kappa shape index (κ2) is 10.6. The van der Waals surface area contributed by atoms with Gasteiger partial charge in [0.05, 0.1) is 6.61 Å². The summed E-state index contributed by atoms with van der Waals surface area (Å²) in [7, 11) is 1.51. The molecule has 3 rings (SSSR count). The highest BCUT2D eigenvalue weighted by Gasteiger charge is 2.55. The zero-order chi connectivity index (χ0) is 23.0. The highest BCUT2D eigenvalue weighted by molar-refractivity contribution is 5.44. The van der Waals surface area contributed by atoms with E-state index in [9.17, 15) is 18.3 Å². The summed E-state index contributed by atoms with van der Waals surface area (Å²) in [6.07, 6.45) is -4.71. The van der Waals surface area contributed by atoms with Gasteiger partial charge >= 0.3 is 6.18 Å². The maximum absolute atomic E-state index is 14.4. The fourth-order valence-corrected chi connectivity index (χ4v) is 3.67. The lowest BCUT2D eigenvalue weighted by molar-refractivity contribution is -0.190. The molecular formula is C25H25F3O4. The molecule has 1 N–H and O–H groups in total. The fourth-order valence-electron chi connectivity index (χ4n) is 3.67. The summed E-state index contributed by atoms with van der Waals surface area (Å²) in [5.41, 5.74) is -2.12. The average Bonchev–Trinajstić information content (AvgIpc) is 2.80. The van der Waals surface area contributed by atoms with Crippen LogP contribution in [-0.2, 0) is 15.1 Å². The fraction of sp³-hybridized carbons (Fsp3) is 0.280. The van der Waals surface area contributed by atoms with E-state index in [4.69, 9.17) is 14.2 Å². The molecule has 0 heterocycles. The Bertz CT molecular complexity index is 946. The normalized spacial score (nSPS) is 14.5. The van der Waals surface area contributed by atoms with Gasteiger partial charge in [-0.1, -0.05) is 72.8 Å². The molecule has 0 saturated heterocycles.